The fourth-order valence-electron chi connectivity index (χ4n) is 3.51. The van der Waals surface area contributed by atoms with Crippen LogP contribution in [0.1, 0.15) is 22.6 Å². The van der Waals surface area contributed by atoms with Gasteiger partial charge in [-0.3, -0.25) is 4.90 Å². The van der Waals surface area contributed by atoms with E-state index in [1.54, 1.807) is 6.07 Å². The van der Waals surface area contributed by atoms with Gasteiger partial charge in [0.05, 0.1) is 5.56 Å². The summed E-state index contributed by atoms with van der Waals surface area (Å²) in [6, 6.07) is 15.8. The number of halogens is 3. The average molecular weight is 334 g/mol. The summed E-state index contributed by atoms with van der Waals surface area (Å²) >= 11 is 0. The SMILES string of the molecule is NC[C@@H]1CN(Cc2cccc(C(F)(F)F)c2)C[C@H]1c1ccccc1. The molecule has 128 valence electrons. The van der Waals surface area contributed by atoms with Gasteiger partial charge in [0, 0.05) is 25.6 Å². The zero-order chi connectivity index (χ0) is 17.2. The molecule has 2 nitrogen and oxygen atoms in total. The van der Waals surface area contributed by atoms with Crippen LogP contribution in [0.5, 0.6) is 0 Å². The molecule has 2 N–H and O–H groups in total. The van der Waals surface area contributed by atoms with E-state index in [9.17, 15) is 13.2 Å². The van der Waals surface area contributed by atoms with Gasteiger partial charge >= 0.3 is 6.18 Å². The molecule has 0 saturated carbocycles. The van der Waals surface area contributed by atoms with Gasteiger partial charge in [-0.2, -0.15) is 13.2 Å². The zero-order valence-corrected chi connectivity index (χ0v) is 13.3. The van der Waals surface area contributed by atoms with Crippen LogP contribution in [0, 0.1) is 5.92 Å². The molecular formula is C19H21F3N2. The van der Waals surface area contributed by atoms with Gasteiger partial charge in [0.25, 0.3) is 0 Å². The van der Waals surface area contributed by atoms with Gasteiger partial charge in [-0.05, 0) is 29.7 Å². The molecule has 2 aromatic carbocycles. The van der Waals surface area contributed by atoms with Gasteiger partial charge in [0.1, 0.15) is 0 Å². The number of likely N-dealkylation sites (tertiary alicyclic amines) is 1. The summed E-state index contributed by atoms with van der Waals surface area (Å²) < 4.78 is 38.6. The standard InChI is InChI=1S/C19H21F3N2/c20-19(21,22)17-8-4-5-14(9-17)11-24-12-16(10-23)18(13-24)15-6-2-1-3-7-15/h1-9,16,18H,10-13,23H2/t16-,18+/m1/s1. The number of nitrogens with two attached hydrogens (primary N) is 1. The molecule has 24 heavy (non-hydrogen) atoms. The fraction of sp³-hybridized carbons (Fsp3) is 0.368. The molecule has 0 aromatic heterocycles. The third-order valence-electron chi connectivity index (χ3n) is 4.71. The molecule has 0 unspecified atom stereocenters. The molecule has 2 aromatic rings. The van der Waals surface area contributed by atoms with Crippen molar-refractivity contribution in [2.24, 2.45) is 11.7 Å². The van der Waals surface area contributed by atoms with Crippen LogP contribution < -0.4 is 5.73 Å². The lowest BCUT2D eigenvalue weighted by atomic mass is 9.89. The Hall–Kier alpha value is -1.85. The van der Waals surface area contributed by atoms with Gasteiger partial charge in [0.15, 0.2) is 0 Å². The van der Waals surface area contributed by atoms with Crippen LogP contribution in [-0.2, 0) is 12.7 Å². The molecule has 1 saturated heterocycles. The van der Waals surface area contributed by atoms with E-state index in [0.29, 0.717) is 30.5 Å². The maximum Gasteiger partial charge on any atom is 0.416 e. The second kappa shape index (κ2) is 6.95. The largest absolute Gasteiger partial charge is 0.416 e. The normalized spacial score (nSPS) is 22.0. The highest BCUT2D eigenvalue weighted by atomic mass is 19.4. The monoisotopic (exact) mass is 334 g/mol. The molecule has 0 amide bonds. The van der Waals surface area contributed by atoms with Crippen LogP contribution in [0.25, 0.3) is 0 Å². The number of hydrogen-bond acceptors (Lipinski definition) is 2. The Morgan fingerprint density at radius 1 is 1.00 bits per heavy atom. The Bertz CT molecular complexity index is 670. The lowest BCUT2D eigenvalue weighted by Crippen LogP contribution is -2.23. The Balaban J connectivity index is 1.73. The molecule has 2 atom stereocenters. The Morgan fingerprint density at radius 3 is 2.42 bits per heavy atom. The van der Waals surface area contributed by atoms with Crippen molar-refractivity contribution in [1.29, 1.82) is 0 Å². The minimum absolute atomic E-state index is 0.332. The van der Waals surface area contributed by atoms with Gasteiger partial charge in [-0.25, -0.2) is 0 Å². The van der Waals surface area contributed by atoms with E-state index in [1.165, 1.54) is 17.7 Å². The highest BCUT2D eigenvalue weighted by Gasteiger charge is 2.33. The molecule has 1 fully saturated rings. The van der Waals surface area contributed by atoms with E-state index in [2.05, 4.69) is 17.0 Å². The predicted molar refractivity (Wildman–Crippen MR) is 88.4 cm³/mol. The van der Waals surface area contributed by atoms with Crippen molar-refractivity contribution < 1.29 is 13.2 Å². The van der Waals surface area contributed by atoms with Crippen molar-refractivity contribution in [2.45, 2.75) is 18.6 Å². The Kier molecular flexibility index (Phi) is 4.92. The minimum atomic E-state index is -4.30. The van der Waals surface area contributed by atoms with Crippen LogP contribution in [0.15, 0.2) is 54.6 Å². The molecule has 1 heterocycles. The van der Waals surface area contributed by atoms with Crippen molar-refractivity contribution in [3.63, 3.8) is 0 Å². The molecule has 0 aliphatic carbocycles. The molecule has 5 heteroatoms. The van der Waals surface area contributed by atoms with E-state index in [-0.39, 0.29) is 0 Å². The maximum absolute atomic E-state index is 12.9. The first-order chi connectivity index (χ1) is 11.5. The first kappa shape index (κ1) is 17.0. The van der Waals surface area contributed by atoms with Crippen molar-refractivity contribution in [1.82, 2.24) is 4.90 Å². The second-order valence-corrected chi connectivity index (χ2v) is 6.41. The quantitative estimate of drug-likeness (QED) is 0.919. The van der Waals surface area contributed by atoms with E-state index < -0.39 is 11.7 Å². The van der Waals surface area contributed by atoms with E-state index in [1.807, 2.05) is 18.2 Å². The van der Waals surface area contributed by atoms with Crippen LogP contribution in [0.2, 0.25) is 0 Å². The summed E-state index contributed by atoms with van der Waals surface area (Å²) in [5, 5.41) is 0. The van der Waals surface area contributed by atoms with Gasteiger partial charge in [-0.1, -0.05) is 48.5 Å². The molecule has 0 spiro atoms. The van der Waals surface area contributed by atoms with Crippen LogP contribution in [-0.4, -0.2) is 24.5 Å². The lowest BCUT2D eigenvalue weighted by molar-refractivity contribution is -0.137. The molecule has 0 radical (unpaired) electrons. The van der Waals surface area contributed by atoms with Gasteiger partial charge in [0.2, 0.25) is 0 Å². The summed E-state index contributed by atoms with van der Waals surface area (Å²) in [6.07, 6.45) is -4.30. The number of nitrogens with zero attached hydrogens (tertiary/aromatic N) is 1. The number of hydrogen-bond donors (Lipinski definition) is 1. The summed E-state index contributed by atoms with van der Waals surface area (Å²) in [4.78, 5) is 2.20. The second-order valence-electron chi connectivity index (χ2n) is 6.41. The summed E-state index contributed by atoms with van der Waals surface area (Å²) in [5.74, 6) is 0.667. The maximum atomic E-state index is 12.9. The fourth-order valence-corrected chi connectivity index (χ4v) is 3.51. The summed E-state index contributed by atoms with van der Waals surface area (Å²) in [5.41, 5.74) is 7.27. The third kappa shape index (κ3) is 3.79. The lowest BCUT2D eigenvalue weighted by Gasteiger charge is -2.17. The van der Waals surface area contributed by atoms with E-state index in [4.69, 9.17) is 5.73 Å². The van der Waals surface area contributed by atoms with Crippen LogP contribution in [0.3, 0.4) is 0 Å². The summed E-state index contributed by atoms with van der Waals surface area (Å²) in [7, 11) is 0. The van der Waals surface area contributed by atoms with Crippen molar-refractivity contribution in [3.05, 3.63) is 71.3 Å². The third-order valence-corrected chi connectivity index (χ3v) is 4.71. The first-order valence-corrected chi connectivity index (χ1v) is 8.11. The first-order valence-electron chi connectivity index (χ1n) is 8.11. The van der Waals surface area contributed by atoms with Gasteiger partial charge in [-0.15, -0.1) is 0 Å². The molecule has 1 aliphatic heterocycles. The highest BCUT2D eigenvalue weighted by Crippen LogP contribution is 2.34. The molecule has 1 aliphatic rings. The highest BCUT2D eigenvalue weighted by molar-refractivity contribution is 5.27. The average Bonchev–Trinajstić information content (AvgIpc) is 2.98. The molecule has 0 bridgehead atoms. The molecular weight excluding hydrogens is 313 g/mol. The number of alkyl halides is 3. The van der Waals surface area contributed by atoms with Crippen LogP contribution >= 0.6 is 0 Å². The Labute approximate surface area is 140 Å². The summed E-state index contributed by atoms with van der Waals surface area (Å²) in [6.45, 7) is 2.73. The van der Waals surface area contributed by atoms with Crippen molar-refractivity contribution >= 4 is 0 Å². The van der Waals surface area contributed by atoms with Crippen molar-refractivity contribution in [3.8, 4) is 0 Å². The Morgan fingerprint density at radius 2 is 1.75 bits per heavy atom. The smallest absolute Gasteiger partial charge is 0.330 e. The number of benzene rings is 2. The topological polar surface area (TPSA) is 29.3 Å². The molecule has 3 rings (SSSR count). The minimum Gasteiger partial charge on any atom is -0.330 e. The van der Waals surface area contributed by atoms with Crippen LogP contribution in [0.4, 0.5) is 13.2 Å². The van der Waals surface area contributed by atoms with Crippen molar-refractivity contribution in [2.75, 3.05) is 19.6 Å². The van der Waals surface area contributed by atoms with E-state index >= 15 is 0 Å². The number of rotatable bonds is 4. The van der Waals surface area contributed by atoms with E-state index in [0.717, 1.165) is 19.2 Å². The predicted octanol–water partition coefficient (Wildman–Crippen LogP) is 3.88. The van der Waals surface area contributed by atoms with Gasteiger partial charge < -0.3 is 5.73 Å². The zero-order valence-electron chi connectivity index (χ0n) is 13.3.